The molecule has 0 saturated heterocycles. The van der Waals surface area contributed by atoms with Gasteiger partial charge in [-0.15, -0.1) is 0 Å². The molecule has 0 aromatic heterocycles. The Balaban J connectivity index is 1.62. The second kappa shape index (κ2) is 6.36. The van der Waals surface area contributed by atoms with Crippen LogP contribution >= 0.6 is 15.9 Å². The maximum Gasteiger partial charge on any atom is 0.260 e. The van der Waals surface area contributed by atoms with Crippen LogP contribution in [0.3, 0.4) is 0 Å². The minimum Gasteiger partial charge on any atom is -0.481 e. The number of hydrogen-bond donors (Lipinski definition) is 2. The molecule has 114 valence electrons. The molecule has 1 atom stereocenters. The van der Waals surface area contributed by atoms with Gasteiger partial charge in [0.15, 0.2) is 6.10 Å². The lowest BCUT2D eigenvalue weighted by molar-refractivity contribution is -0.127. The molecule has 21 heavy (non-hydrogen) atoms. The Morgan fingerprint density at radius 2 is 2.05 bits per heavy atom. The molecule has 2 aliphatic carbocycles. The monoisotopic (exact) mass is 352 g/mol. The van der Waals surface area contributed by atoms with Gasteiger partial charge in [-0.1, -0.05) is 15.9 Å². The summed E-state index contributed by atoms with van der Waals surface area (Å²) < 4.78 is 6.90. The first-order valence-electron chi connectivity index (χ1n) is 7.60. The van der Waals surface area contributed by atoms with E-state index >= 15 is 0 Å². The Morgan fingerprint density at radius 3 is 2.71 bits per heavy atom. The van der Waals surface area contributed by atoms with E-state index < -0.39 is 6.10 Å². The molecule has 0 heterocycles. The van der Waals surface area contributed by atoms with Gasteiger partial charge in [0, 0.05) is 28.7 Å². The van der Waals surface area contributed by atoms with E-state index in [9.17, 15) is 4.79 Å². The lowest BCUT2D eigenvalue weighted by Gasteiger charge is -2.18. The average Bonchev–Trinajstić information content (AvgIpc) is 3.33. The Bertz CT molecular complexity index is 527. The van der Waals surface area contributed by atoms with Gasteiger partial charge in [-0.3, -0.25) is 4.79 Å². The van der Waals surface area contributed by atoms with Crippen molar-refractivity contribution in [3.63, 3.8) is 0 Å². The van der Waals surface area contributed by atoms with Crippen molar-refractivity contribution in [2.24, 2.45) is 0 Å². The Labute approximate surface area is 133 Å². The number of hydrogen-bond acceptors (Lipinski definition) is 3. The molecule has 1 aromatic rings. The van der Waals surface area contributed by atoms with Gasteiger partial charge < -0.3 is 15.4 Å². The minimum absolute atomic E-state index is 0.0264. The summed E-state index contributed by atoms with van der Waals surface area (Å²) in [5.41, 5.74) is 1.09. The number of nitrogens with one attached hydrogen (secondary N) is 2. The normalized spacial score (nSPS) is 19.1. The number of carbonyl (C=O) groups is 1. The molecule has 1 amide bonds. The van der Waals surface area contributed by atoms with Crippen LogP contribution in [0.25, 0.3) is 0 Å². The van der Waals surface area contributed by atoms with Crippen molar-refractivity contribution in [3.8, 4) is 5.75 Å². The molecule has 0 spiro atoms. The second-order valence-electron chi connectivity index (χ2n) is 5.95. The number of halogens is 1. The van der Waals surface area contributed by atoms with Gasteiger partial charge in [-0.25, -0.2) is 0 Å². The predicted molar refractivity (Wildman–Crippen MR) is 85.3 cm³/mol. The zero-order chi connectivity index (χ0) is 14.8. The highest BCUT2D eigenvalue weighted by Gasteiger charge is 2.27. The SMILES string of the molecule is CC(Oc1ccc(Br)cc1CNC1CC1)C(=O)NC1CC1. The van der Waals surface area contributed by atoms with E-state index in [4.69, 9.17) is 4.74 Å². The van der Waals surface area contributed by atoms with Crippen molar-refractivity contribution in [3.05, 3.63) is 28.2 Å². The van der Waals surface area contributed by atoms with Crippen LogP contribution in [0, 0.1) is 0 Å². The molecule has 3 rings (SSSR count). The Kier molecular flexibility index (Phi) is 4.50. The lowest BCUT2D eigenvalue weighted by atomic mass is 10.2. The summed E-state index contributed by atoms with van der Waals surface area (Å²) in [5.74, 6) is 0.756. The van der Waals surface area contributed by atoms with Gasteiger partial charge in [0.05, 0.1) is 0 Å². The Hall–Kier alpha value is -1.07. The number of benzene rings is 1. The predicted octanol–water partition coefficient (Wildman–Crippen LogP) is 2.75. The van der Waals surface area contributed by atoms with E-state index in [2.05, 4.69) is 32.6 Å². The second-order valence-corrected chi connectivity index (χ2v) is 6.87. The van der Waals surface area contributed by atoms with Crippen molar-refractivity contribution in [1.82, 2.24) is 10.6 Å². The van der Waals surface area contributed by atoms with E-state index in [1.165, 1.54) is 12.8 Å². The van der Waals surface area contributed by atoms with E-state index in [-0.39, 0.29) is 5.91 Å². The molecule has 0 bridgehead atoms. The maximum absolute atomic E-state index is 12.0. The maximum atomic E-state index is 12.0. The molecule has 2 N–H and O–H groups in total. The molecule has 1 unspecified atom stereocenters. The fourth-order valence-corrected chi connectivity index (χ4v) is 2.54. The topological polar surface area (TPSA) is 50.4 Å². The fraction of sp³-hybridized carbons (Fsp3) is 0.562. The van der Waals surface area contributed by atoms with Gasteiger partial charge in [-0.05, 0) is 50.8 Å². The third-order valence-corrected chi connectivity index (χ3v) is 4.27. The van der Waals surface area contributed by atoms with Crippen molar-refractivity contribution in [2.75, 3.05) is 0 Å². The molecule has 1 aromatic carbocycles. The van der Waals surface area contributed by atoms with Crippen molar-refractivity contribution >= 4 is 21.8 Å². The van der Waals surface area contributed by atoms with Crippen molar-refractivity contribution in [2.45, 2.75) is 57.3 Å². The highest BCUT2D eigenvalue weighted by molar-refractivity contribution is 9.10. The summed E-state index contributed by atoms with van der Waals surface area (Å²) in [6, 6.07) is 6.93. The van der Waals surface area contributed by atoms with Crippen molar-refractivity contribution in [1.29, 1.82) is 0 Å². The third-order valence-electron chi connectivity index (χ3n) is 3.78. The minimum atomic E-state index is -0.466. The first-order valence-corrected chi connectivity index (χ1v) is 8.40. The first kappa shape index (κ1) is 14.9. The quantitative estimate of drug-likeness (QED) is 0.793. The van der Waals surface area contributed by atoms with E-state index in [0.29, 0.717) is 12.1 Å². The molecule has 2 saturated carbocycles. The van der Waals surface area contributed by atoms with Crippen LogP contribution in [-0.4, -0.2) is 24.1 Å². The largest absolute Gasteiger partial charge is 0.481 e. The molecular formula is C16H21BrN2O2. The summed E-state index contributed by atoms with van der Waals surface area (Å²) in [4.78, 5) is 12.0. The summed E-state index contributed by atoms with van der Waals surface area (Å²) >= 11 is 3.49. The Morgan fingerprint density at radius 1 is 1.33 bits per heavy atom. The standard InChI is InChI=1S/C16H21BrN2O2/c1-10(16(20)19-14-5-6-14)21-15-7-2-12(17)8-11(15)9-18-13-3-4-13/h2,7-8,10,13-14,18H,3-6,9H2,1H3,(H,19,20). The summed E-state index contributed by atoms with van der Waals surface area (Å²) in [6.07, 6.45) is 4.22. The first-order chi connectivity index (χ1) is 10.1. The third kappa shape index (κ3) is 4.45. The van der Waals surface area contributed by atoms with Crippen LogP contribution in [0.2, 0.25) is 0 Å². The van der Waals surface area contributed by atoms with E-state index in [0.717, 1.165) is 35.2 Å². The number of carbonyl (C=O) groups excluding carboxylic acids is 1. The van der Waals surface area contributed by atoms with E-state index in [1.807, 2.05) is 12.1 Å². The van der Waals surface area contributed by atoms with Gasteiger partial charge in [0.25, 0.3) is 5.91 Å². The molecule has 2 aliphatic rings. The number of amides is 1. The molecule has 5 heteroatoms. The van der Waals surface area contributed by atoms with Crippen LogP contribution in [0.1, 0.15) is 38.2 Å². The lowest BCUT2D eigenvalue weighted by Crippen LogP contribution is -2.37. The summed E-state index contributed by atoms with van der Waals surface area (Å²) in [6.45, 7) is 2.58. The smallest absolute Gasteiger partial charge is 0.260 e. The van der Waals surface area contributed by atoms with Crippen LogP contribution in [0.4, 0.5) is 0 Å². The van der Waals surface area contributed by atoms with Crippen LogP contribution in [0.15, 0.2) is 22.7 Å². The van der Waals surface area contributed by atoms with Gasteiger partial charge >= 0.3 is 0 Å². The molecule has 0 aliphatic heterocycles. The van der Waals surface area contributed by atoms with Crippen LogP contribution in [0.5, 0.6) is 5.75 Å². The fourth-order valence-electron chi connectivity index (χ4n) is 2.13. The van der Waals surface area contributed by atoms with Crippen LogP contribution in [-0.2, 0) is 11.3 Å². The molecule has 2 fully saturated rings. The summed E-state index contributed by atoms with van der Waals surface area (Å²) in [7, 11) is 0. The van der Waals surface area contributed by atoms with Gasteiger partial charge in [-0.2, -0.15) is 0 Å². The zero-order valence-electron chi connectivity index (χ0n) is 12.2. The van der Waals surface area contributed by atoms with Gasteiger partial charge in [0.1, 0.15) is 5.75 Å². The van der Waals surface area contributed by atoms with Crippen LogP contribution < -0.4 is 15.4 Å². The van der Waals surface area contributed by atoms with Gasteiger partial charge in [0.2, 0.25) is 0 Å². The highest BCUT2D eigenvalue weighted by Crippen LogP contribution is 2.26. The zero-order valence-corrected chi connectivity index (χ0v) is 13.8. The average molecular weight is 353 g/mol. The summed E-state index contributed by atoms with van der Waals surface area (Å²) in [5, 5.41) is 6.46. The number of ether oxygens (including phenoxy) is 1. The van der Waals surface area contributed by atoms with E-state index in [1.54, 1.807) is 6.92 Å². The van der Waals surface area contributed by atoms with Crippen molar-refractivity contribution < 1.29 is 9.53 Å². The molecule has 4 nitrogen and oxygen atoms in total. The molecular weight excluding hydrogens is 332 g/mol. The number of rotatable bonds is 7. The highest BCUT2D eigenvalue weighted by atomic mass is 79.9. The molecule has 0 radical (unpaired) electrons.